The maximum absolute atomic E-state index is 13.4. The minimum Gasteiger partial charge on any atom is -0.350 e. The third-order valence-electron chi connectivity index (χ3n) is 5.89. The zero-order chi connectivity index (χ0) is 20.2. The van der Waals surface area contributed by atoms with E-state index in [1.54, 1.807) is 0 Å². The molecule has 0 saturated heterocycles. The molecular formula is C25H29N3O. The number of carbonyl (C=O) groups is 1. The smallest absolute Gasteiger partial charge is 0.252 e. The highest BCUT2D eigenvalue weighted by Crippen LogP contribution is 2.28. The summed E-state index contributed by atoms with van der Waals surface area (Å²) in [6.07, 6.45) is 2.78. The number of likely N-dealkylation sites (N-methyl/N-ethyl adjacent to an activating group) is 1. The topological polar surface area (TPSA) is 45.2 Å². The molecule has 1 aliphatic rings. The van der Waals surface area contributed by atoms with Crippen molar-refractivity contribution in [1.82, 2.24) is 15.2 Å². The lowest BCUT2D eigenvalue weighted by molar-refractivity contribution is 0.0937. The molecule has 0 saturated carbocycles. The molecule has 2 aromatic carbocycles. The number of fused-ring (bicyclic) bond motifs is 2. The number of nitrogens with zero attached hydrogens (tertiary/aromatic N) is 2. The molecule has 1 unspecified atom stereocenters. The minimum absolute atomic E-state index is 0.0263. The van der Waals surface area contributed by atoms with Gasteiger partial charge in [-0.15, -0.1) is 0 Å². The van der Waals surface area contributed by atoms with Crippen LogP contribution in [-0.4, -0.2) is 34.9 Å². The van der Waals surface area contributed by atoms with Crippen molar-refractivity contribution in [2.45, 2.75) is 45.7 Å². The lowest BCUT2D eigenvalue weighted by atomic mass is 9.95. The van der Waals surface area contributed by atoms with Crippen molar-refractivity contribution in [3.8, 4) is 0 Å². The molecule has 150 valence electrons. The van der Waals surface area contributed by atoms with Crippen LogP contribution in [0.2, 0.25) is 0 Å². The largest absolute Gasteiger partial charge is 0.350 e. The van der Waals surface area contributed by atoms with Gasteiger partial charge in [0, 0.05) is 42.2 Å². The van der Waals surface area contributed by atoms with Crippen LogP contribution < -0.4 is 5.32 Å². The Morgan fingerprint density at radius 3 is 2.69 bits per heavy atom. The number of pyridine rings is 1. The molecule has 1 aliphatic heterocycles. The van der Waals surface area contributed by atoms with Gasteiger partial charge in [0.2, 0.25) is 0 Å². The summed E-state index contributed by atoms with van der Waals surface area (Å²) in [6, 6.07) is 18.6. The van der Waals surface area contributed by atoms with Crippen molar-refractivity contribution in [3.05, 3.63) is 77.0 Å². The second kappa shape index (κ2) is 8.75. The number of benzene rings is 2. The van der Waals surface area contributed by atoms with E-state index in [0.29, 0.717) is 0 Å². The van der Waals surface area contributed by atoms with Crippen molar-refractivity contribution in [2.75, 3.05) is 13.1 Å². The van der Waals surface area contributed by atoms with Crippen molar-refractivity contribution < 1.29 is 4.79 Å². The molecule has 0 radical (unpaired) electrons. The fraction of sp³-hybridized carbons (Fsp3) is 0.360. The summed E-state index contributed by atoms with van der Waals surface area (Å²) in [4.78, 5) is 20.6. The molecule has 1 amide bonds. The first-order valence-electron chi connectivity index (χ1n) is 10.6. The number of hydrogen-bond acceptors (Lipinski definition) is 3. The number of carbonyl (C=O) groups excluding carboxylic acids is 1. The van der Waals surface area contributed by atoms with Gasteiger partial charge < -0.3 is 5.32 Å². The average molecular weight is 388 g/mol. The van der Waals surface area contributed by atoms with Crippen LogP contribution in [0, 0.1) is 0 Å². The van der Waals surface area contributed by atoms with Crippen molar-refractivity contribution >= 4 is 16.8 Å². The van der Waals surface area contributed by atoms with E-state index >= 15 is 0 Å². The van der Waals surface area contributed by atoms with E-state index in [1.165, 1.54) is 5.56 Å². The summed E-state index contributed by atoms with van der Waals surface area (Å²) in [6.45, 7) is 7.05. The third kappa shape index (κ3) is 4.33. The van der Waals surface area contributed by atoms with Crippen LogP contribution in [0.4, 0.5) is 0 Å². The molecular weight excluding hydrogens is 358 g/mol. The van der Waals surface area contributed by atoms with Crippen LogP contribution in [0.25, 0.3) is 10.9 Å². The summed E-state index contributed by atoms with van der Waals surface area (Å²) in [7, 11) is 0. The zero-order valence-electron chi connectivity index (χ0n) is 17.3. The summed E-state index contributed by atoms with van der Waals surface area (Å²) < 4.78 is 0. The van der Waals surface area contributed by atoms with Crippen LogP contribution in [0.3, 0.4) is 0 Å². The lowest BCUT2D eigenvalue weighted by Crippen LogP contribution is -2.37. The molecule has 0 spiro atoms. The maximum atomic E-state index is 13.4. The van der Waals surface area contributed by atoms with Gasteiger partial charge in [-0.1, -0.05) is 55.5 Å². The summed E-state index contributed by atoms with van der Waals surface area (Å²) in [5.74, 6) is 0.0263. The fourth-order valence-electron chi connectivity index (χ4n) is 4.17. The number of hydrogen-bond donors (Lipinski definition) is 1. The molecule has 2 heterocycles. The highest BCUT2D eigenvalue weighted by atomic mass is 16.1. The molecule has 4 rings (SSSR count). The number of nitrogens with one attached hydrogen (secondary N) is 1. The Morgan fingerprint density at radius 1 is 1.14 bits per heavy atom. The Hall–Kier alpha value is -2.72. The van der Waals surface area contributed by atoms with Crippen molar-refractivity contribution in [3.63, 3.8) is 0 Å². The molecule has 1 aromatic heterocycles. The minimum atomic E-state index is 0.0263. The molecule has 29 heavy (non-hydrogen) atoms. The van der Waals surface area contributed by atoms with E-state index in [9.17, 15) is 4.79 Å². The van der Waals surface area contributed by atoms with Gasteiger partial charge in [0.25, 0.3) is 5.91 Å². The summed E-state index contributed by atoms with van der Waals surface area (Å²) >= 11 is 0. The predicted molar refractivity (Wildman–Crippen MR) is 118 cm³/mol. The van der Waals surface area contributed by atoms with Gasteiger partial charge in [-0.05, 0) is 37.9 Å². The number of aromatic nitrogens is 1. The van der Waals surface area contributed by atoms with E-state index in [-0.39, 0.29) is 11.9 Å². The van der Waals surface area contributed by atoms with Crippen molar-refractivity contribution in [2.24, 2.45) is 0 Å². The van der Waals surface area contributed by atoms with Gasteiger partial charge in [0.15, 0.2) is 0 Å². The third-order valence-corrected chi connectivity index (χ3v) is 5.89. The first-order chi connectivity index (χ1) is 14.2. The molecule has 0 fully saturated rings. The van der Waals surface area contributed by atoms with Gasteiger partial charge >= 0.3 is 0 Å². The molecule has 1 N–H and O–H groups in total. The summed E-state index contributed by atoms with van der Waals surface area (Å²) in [5.41, 5.74) is 5.22. The van der Waals surface area contributed by atoms with E-state index in [4.69, 9.17) is 4.98 Å². The molecule has 1 atom stereocenters. The Bertz CT molecular complexity index is 1000. The van der Waals surface area contributed by atoms with Gasteiger partial charge in [0.05, 0.1) is 11.1 Å². The normalized spacial score (nSPS) is 15.1. The van der Waals surface area contributed by atoms with Crippen LogP contribution in [-0.2, 0) is 19.4 Å². The second-order valence-corrected chi connectivity index (χ2v) is 7.95. The van der Waals surface area contributed by atoms with Crippen LogP contribution in [0.1, 0.15) is 47.4 Å². The zero-order valence-corrected chi connectivity index (χ0v) is 17.3. The summed E-state index contributed by atoms with van der Waals surface area (Å²) in [5, 5.41) is 4.21. The van der Waals surface area contributed by atoms with Gasteiger partial charge in [0.1, 0.15) is 0 Å². The highest BCUT2D eigenvalue weighted by Gasteiger charge is 2.25. The number of aryl methyl sites for hydroxylation is 1. The van der Waals surface area contributed by atoms with Crippen LogP contribution >= 0.6 is 0 Å². The van der Waals surface area contributed by atoms with E-state index in [0.717, 1.165) is 66.6 Å². The van der Waals surface area contributed by atoms with Gasteiger partial charge in [-0.2, -0.15) is 0 Å². The quantitative estimate of drug-likeness (QED) is 0.683. The van der Waals surface area contributed by atoms with Crippen LogP contribution in [0.5, 0.6) is 0 Å². The van der Waals surface area contributed by atoms with Crippen molar-refractivity contribution in [1.29, 1.82) is 0 Å². The van der Waals surface area contributed by atoms with E-state index in [2.05, 4.69) is 48.3 Å². The van der Waals surface area contributed by atoms with E-state index in [1.807, 2.05) is 30.3 Å². The molecule has 0 aliphatic carbocycles. The van der Waals surface area contributed by atoms with Gasteiger partial charge in [-0.3, -0.25) is 14.7 Å². The van der Waals surface area contributed by atoms with E-state index < -0.39 is 0 Å². The Labute approximate surface area is 173 Å². The lowest BCUT2D eigenvalue weighted by Gasteiger charge is -2.29. The number of para-hydroxylation sites is 1. The average Bonchev–Trinajstić information content (AvgIpc) is 2.76. The standard InChI is InChI=1S/C25H29N3O/c1-3-28-16-15-23-21(17-28)24(20-11-7-8-12-22(20)27-23)25(29)26-18(2)13-14-19-9-5-4-6-10-19/h4-12,18H,3,13-17H2,1-2H3,(H,26,29). The first-order valence-corrected chi connectivity index (χ1v) is 10.6. The first kappa shape index (κ1) is 19.6. The highest BCUT2D eigenvalue weighted by molar-refractivity contribution is 6.07. The SMILES string of the molecule is CCN1CCc2nc3ccccc3c(C(=O)NC(C)CCc3ccccc3)c2C1. The monoisotopic (exact) mass is 387 g/mol. The maximum Gasteiger partial charge on any atom is 0.252 e. The Kier molecular flexibility index (Phi) is 5.91. The molecule has 4 heteroatoms. The second-order valence-electron chi connectivity index (χ2n) is 7.95. The Morgan fingerprint density at radius 2 is 1.90 bits per heavy atom. The molecule has 3 aromatic rings. The molecule has 0 bridgehead atoms. The van der Waals surface area contributed by atoms with Crippen LogP contribution in [0.15, 0.2) is 54.6 Å². The number of amides is 1. The molecule has 4 nitrogen and oxygen atoms in total. The number of rotatable bonds is 6. The van der Waals surface area contributed by atoms with Gasteiger partial charge in [-0.25, -0.2) is 0 Å². The predicted octanol–water partition coefficient (Wildman–Crippen LogP) is 4.36. The fourth-order valence-corrected chi connectivity index (χ4v) is 4.17. The Balaban J connectivity index is 1.59.